The van der Waals surface area contributed by atoms with Crippen molar-refractivity contribution in [1.29, 1.82) is 0 Å². The predicted molar refractivity (Wildman–Crippen MR) is 120 cm³/mol. The number of nitrogens with one attached hydrogen (secondary N) is 3. The maximum atomic E-state index is 13.0. The summed E-state index contributed by atoms with van der Waals surface area (Å²) in [6, 6.07) is 5.66. The van der Waals surface area contributed by atoms with Gasteiger partial charge >= 0.3 is 6.18 Å². The van der Waals surface area contributed by atoms with Crippen LogP contribution in [-0.4, -0.2) is 36.0 Å². The average molecular weight is 500 g/mol. The molecule has 0 saturated heterocycles. The van der Waals surface area contributed by atoms with E-state index in [2.05, 4.69) is 40.7 Å². The Morgan fingerprint density at radius 2 is 2.03 bits per heavy atom. The van der Waals surface area contributed by atoms with E-state index in [1.54, 1.807) is 24.6 Å². The molecule has 1 amide bonds. The van der Waals surface area contributed by atoms with E-state index in [1.165, 1.54) is 29.8 Å². The topological polar surface area (TPSA) is 135 Å². The third kappa shape index (κ3) is 4.82. The lowest BCUT2D eigenvalue weighted by Crippen LogP contribution is -2.27. The number of H-pyrrole nitrogens is 1. The van der Waals surface area contributed by atoms with Gasteiger partial charge in [0.2, 0.25) is 0 Å². The van der Waals surface area contributed by atoms with E-state index in [0.29, 0.717) is 22.2 Å². The molecule has 14 heteroatoms. The molecule has 0 aliphatic carbocycles. The van der Waals surface area contributed by atoms with Crippen LogP contribution in [0.4, 0.5) is 24.1 Å². The molecule has 1 atom stereocenters. The fraction of sp³-hybridized carbons (Fsp3) is 0.143. The number of carbonyl (C=O) groups is 1. The molecule has 5 aromatic rings. The number of aromatic amines is 1. The number of amides is 1. The van der Waals surface area contributed by atoms with Gasteiger partial charge in [-0.05, 0) is 25.1 Å². The van der Waals surface area contributed by atoms with Crippen LogP contribution in [0.3, 0.4) is 0 Å². The summed E-state index contributed by atoms with van der Waals surface area (Å²) in [7, 11) is 0. The molecule has 0 spiro atoms. The Kier molecular flexibility index (Phi) is 5.64. The van der Waals surface area contributed by atoms with Crippen molar-refractivity contribution in [3.05, 3.63) is 65.3 Å². The number of anilines is 2. The SMILES string of the molecule is C[C@H](NC(=O)c1cc(Nc2nccs2)ncn1)c1cc(-c2nc3ccc(C(F)(F)F)cc3[nH]2)no1. The van der Waals surface area contributed by atoms with E-state index in [9.17, 15) is 18.0 Å². The normalized spacial score (nSPS) is 12.6. The number of aromatic nitrogens is 6. The summed E-state index contributed by atoms with van der Waals surface area (Å²) >= 11 is 1.38. The van der Waals surface area contributed by atoms with Gasteiger partial charge in [0.15, 0.2) is 16.7 Å². The highest BCUT2D eigenvalue weighted by Crippen LogP contribution is 2.32. The largest absolute Gasteiger partial charge is 0.416 e. The van der Waals surface area contributed by atoms with Crippen molar-refractivity contribution in [2.45, 2.75) is 19.1 Å². The molecule has 3 N–H and O–H groups in total. The first-order valence-corrected chi connectivity index (χ1v) is 11.0. The molecule has 0 aliphatic rings. The molecule has 1 aromatic carbocycles. The van der Waals surface area contributed by atoms with Crippen LogP contribution in [-0.2, 0) is 6.18 Å². The van der Waals surface area contributed by atoms with Crippen LogP contribution in [0.5, 0.6) is 0 Å². The lowest BCUT2D eigenvalue weighted by Gasteiger charge is -2.10. The van der Waals surface area contributed by atoms with Crippen molar-refractivity contribution < 1.29 is 22.5 Å². The summed E-state index contributed by atoms with van der Waals surface area (Å²) in [6.07, 6.45) is -1.57. The van der Waals surface area contributed by atoms with Crippen molar-refractivity contribution in [3.8, 4) is 11.5 Å². The van der Waals surface area contributed by atoms with Gasteiger partial charge in [-0.3, -0.25) is 4.79 Å². The highest BCUT2D eigenvalue weighted by molar-refractivity contribution is 7.13. The van der Waals surface area contributed by atoms with Crippen molar-refractivity contribution in [1.82, 2.24) is 35.4 Å². The number of rotatable bonds is 6. The monoisotopic (exact) mass is 500 g/mol. The molecule has 5 rings (SSSR count). The van der Waals surface area contributed by atoms with Crippen LogP contribution in [0.15, 0.2) is 52.8 Å². The molecular weight excluding hydrogens is 485 g/mol. The third-order valence-corrected chi connectivity index (χ3v) is 5.61. The van der Waals surface area contributed by atoms with Crippen molar-refractivity contribution in [2.24, 2.45) is 0 Å². The molecule has 4 heterocycles. The molecular formula is C21H15F3N8O2S. The predicted octanol–water partition coefficient (Wildman–Crippen LogP) is 4.72. The van der Waals surface area contributed by atoms with Gasteiger partial charge in [0.25, 0.3) is 5.91 Å². The standard InChI is InChI=1S/C21H15F3N8O2S/c1-10(28-19(33)15-8-17(27-9-26-15)31-20-25-4-5-35-20)16-7-14(32-34-16)18-29-12-3-2-11(21(22,23)24)6-13(12)30-18/h2-10H,1H3,(H,28,33)(H,29,30)(H,25,26,27,31)/t10-/m0/s1. The smallest absolute Gasteiger partial charge is 0.358 e. The van der Waals surface area contributed by atoms with Gasteiger partial charge in [-0.15, -0.1) is 11.3 Å². The Hall–Kier alpha value is -4.33. The average Bonchev–Trinajstić information content (AvgIpc) is 3.58. The molecule has 0 unspecified atom stereocenters. The third-order valence-electron chi connectivity index (χ3n) is 4.92. The van der Waals surface area contributed by atoms with Crippen molar-refractivity contribution in [3.63, 3.8) is 0 Å². The number of nitrogens with zero attached hydrogens (tertiary/aromatic N) is 5. The van der Waals surface area contributed by atoms with E-state index in [4.69, 9.17) is 4.52 Å². The summed E-state index contributed by atoms with van der Waals surface area (Å²) in [4.78, 5) is 31.9. The second kappa shape index (κ2) is 8.79. The van der Waals surface area contributed by atoms with Crippen LogP contribution in [0.2, 0.25) is 0 Å². The Morgan fingerprint density at radius 1 is 1.17 bits per heavy atom. The minimum Gasteiger partial charge on any atom is -0.358 e. The maximum Gasteiger partial charge on any atom is 0.416 e. The van der Waals surface area contributed by atoms with Crippen LogP contribution in [0, 0.1) is 0 Å². The zero-order chi connectivity index (χ0) is 24.6. The minimum absolute atomic E-state index is 0.128. The summed E-state index contributed by atoms with van der Waals surface area (Å²) < 4.78 is 44.2. The molecule has 10 nitrogen and oxygen atoms in total. The first kappa shape index (κ1) is 22.5. The Balaban J connectivity index is 1.29. The number of benzene rings is 1. The van der Waals surface area contributed by atoms with Gasteiger partial charge in [-0.2, -0.15) is 13.2 Å². The molecule has 0 fully saturated rings. The lowest BCUT2D eigenvalue weighted by atomic mass is 10.2. The fourth-order valence-electron chi connectivity index (χ4n) is 3.20. The molecule has 178 valence electrons. The Morgan fingerprint density at radius 3 is 2.80 bits per heavy atom. The number of hydrogen-bond acceptors (Lipinski definition) is 9. The molecule has 0 saturated carbocycles. The van der Waals surface area contributed by atoms with Gasteiger partial charge in [0, 0.05) is 23.7 Å². The summed E-state index contributed by atoms with van der Waals surface area (Å²) in [5.41, 5.74) is 0.190. The van der Waals surface area contributed by atoms with Gasteiger partial charge in [-0.25, -0.2) is 19.9 Å². The first-order chi connectivity index (χ1) is 16.8. The zero-order valence-corrected chi connectivity index (χ0v) is 18.6. The molecule has 0 radical (unpaired) electrons. The van der Waals surface area contributed by atoms with Crippen LogP contribution in [0.25, 0.3) is 22.6 Å². The highest BCUT2D eigenvalue weighted by atomic mass is 32.1. The quantitative estimate of drug-likeness (QED) is 0.305. The molecule has 35 heavy (non-hydrogen) atoms. The number of imidazole rings is 1. The number of hydrogen-bond donors (Lipinski definition) is 3. The first-order valence-electron chi connectivity index (χ1n) is 10.1. The second-order valence-electron chi connectivity index (χ2n) is 7.38. The lowest BCUT2D eigenvalue weighted by molar-refractivity contribution is -0.137. The Labute approximate surface area is 198 Å². The number of halogens is 3. The van der Waals surface area contributed by atoms with E-state index in [1.807, 2.05) is 0 Å². The molecule has 0 aliphatic heterocycles. The number of carbonyl (C=O) groups excluding carboxylic acids is 1. The van der Waals surface area contributed by atoms with Gasteiger partial charge in [0.1, 0.15) is 23.5 Å². The van der Waals surface area contributed by atoms with Gasteiger partial charge in [-0.1, -0.05) is 5.16 Å². The number of alkyl halides is 3. The number of thiazole rings is 1. The van der Waals surface area contributed by atoms with Crippen molar-refractivity contribution >= 4 is 39.2 Å². The van der Waals surface area contributed by atoms with Gasteiger partial charge in [0.05, 0.1) is 22.6 Å². The highest BCUT2D eigenvalue weighted by Gasteiger charge is 2.31. The van der Waals surface area contributed by atoms with E-state index >= 15 is 0 Å². The summed E-state index contributed by atoms with van der Waals surface area (Å²) in [5, 5.41) is 12.1. The summed E-state index contributed by atoms with van der Waals surface area (Å²) in [5.74, 6) is 0.498. The fourth-order valence-corrected chi connectivity index (χ4v) is 3.73. The molecule has 4 aromatic heterocycles. The van der Waals surface area contributed by atoms with E-state index in [-0.39, 0.29) is 22.7 Å². The maximum absolute atomic E-state index is 13.0. The van der Waals surface area contributed by atoms with Crippen molar-refractivity contribution in [2.75, 3.05) is 5.32 Å². The summed E-state index contributed by atoms with van der Waals surface area (Å²) in [6.45, 7) is 1.69. The van der Waals surface area contributed by atoms with E-state index < -0.39 is 23.7 Å². The minimum atomic E-state index is -4.46. The van der Waals surface area contributed by atoms with E-state index in [0.717, 1.165) is 12.1 Å². The zero-order valence-electron chi connectivity index (χ0n) is 17.8. The number of fused-ring (bicyclic) bond motifs is 1. The van der Waals surface area contributed by atoms with Crippen LogP contribution >= 0.6 is 11.3 Å². The molecule has 0 bridgehead atoms. The van der Waals surface area contributed by atoms with Crippen LogP contribution in [0.1, 0.15) is 34.8 Å². The van der Waals surface area contributed by atoms with Crippen LogP contribution < -0.4 is 10.6 Å². The second-order valence-corrected chi connectivity index (χ2v) is 8.27. The Bertz CT molecular complexity index is 1500. The van der Waals surface area contributed by atoms with Gasteiger partial charge < -0.3 is 20.1 Å².